The van der Waals surface area contributed by atoms with E-state index in [1.807, 2.05) is 38.0 Å². The van der Waals surface area contributed by atoms with Crippen molar-refractivity contribution in [1.29, 1.82) is 0 Å². The number of ether oxygens (including phenoxy) is 1. The van der Waals surface area contributed by atoms with Crippen LogP contribution in [0, 0.1) is 13.8 Å². The van der Waals surface area contributed by atoms with E-state index in [4.69, 9.17) is 29.1 Å². The number of aryl methyl sites for hydroxylation is 3. The van der Waals surface area contributed by atoms with E-state index in [9.17, 15) is 0 Å². The second-order valence-electron chi connectivity index (χ2n) is 12.6. The summed E-state index contributed by atoms with van der Waals surface area (Å²) in [6, 6.07) is 0. The van der Waals surface area contributed by atoms with Crippen molar-refractivity contribution in [2.75, 3.05) is 24.6 Å². The van der Waals surface area contributed by atoms with Crippen LogP contribution in [0.1, 0.15) is 81.1 Å². The summed E-state index contributed by atoms with van der Waals surface area (Å²) >= 11 is 0. The third-order valence-electron chi connectivity index (χ3n) is 8.73. The Morgan fingerprint density at radius 3 is 2.37 bits per heavy atom. The van der Waals surface area contributed by atoms with Gasteiger partial charge in [0.15, 0.2) is 14.0 Å². The molecular formula is C28H43N7O2Si. The van der Waals surface area contributed by atoms with E-state index in [-0.39, 0.29) is 11.1 Å². The van der Waals surface area contributed by atoms with E-state index in [0.29, 0.717) is 30.8 Å². The summed E-state index contributed by atoms with van der Waals surface area (Å²) in [4.78, 5) is 22.1. The first-order valence-electron chi connectivity index (χ1n) is 14.0. The van der Waals surface area contributed by atoms with Crippen LogP contribution in [0.15, 0.2) is 12.4 Å². The number of hydrogen-bond donors (Lipinski definition) is 0. The maximum absolute atomic E-state index is 6.77. The van der Waals surface area contributed by atoms with Gasteiger partial charge in [-0.2, -0.15) is 10.1 Å². The monoisotopic (exact) mass is 537 g/mol. The molecule has 1 unspecified atom stereocenters. The van der Waals surface area contributed by atoms with E-state index in [1.54, 1.807) is 0 Å². The summed E-state index contributed by atoms with van der Waals surface area (Å²) < 4.78 is 14.7. The Morgan fingerprint density at radius 2 is 1.71 bits per heavy atom. The smallest absolute Gasteiger partial charge is 0.227 e. The molecule has 9 nitrogen and oxygen atoms in total. The molecule has 0 bridgehead atoms. The summed E-state index contributed by atoms with van der Waals surface area (Å²) in [7, 11) is 0.140. The predicted octanol–water partition coefficient (Wildman–Crippen LogP) is 5.40. The van der Waals surface area contributed by atoms with Crippen LogP contribution in [0.4, 0.5) is 5.95 Å². The van der Waals surface area contributed by atoms with E-state index in [2.05, 4.69) is 43.9 Å². The lowest BCUT2D eigenvalue weighted by molar-refractivity contribution is 0.0392. The molecule has 1 atom stereocenters. The topological polar surface area (TPSA) is 91.1 Å². The minimum Gasteiger partial charge on any atom is -0.414 e. The van der Waals surface area contributed by atoms with Gasteiger partial charge >= 0.3 is 0 Å². The fourth-order valence-corrected chi connectivity index (χ4v) is 6.66. The molecular weight excluding hydrogens is 494 g/mol. The zero-order valence-corrected chi connectivity index (χ0v) is 25.3. The molecule has 1 saturated heterocycles. The largest absolute Gasteiger partial charge is 0.414 e. The first-order chi connectivity index (χ1) is 17.9. The SMILES string of the molecule is Cc1nc2nc(N3CCOC(c4cnn(C)c4)C3)nc(C3CCC(O[Si](C)(C)C(C)(C)C)CC3)c2nc1C. The molecule has 0 radical (unpaired) electrons. The van der Waals surface area contributed by atoms with Crippen molar-refractivity contribution in [3.05, 3.63) is 35.0 Å². The molecule has 3 aromatic rings. The molecule has 0 spiro atoms. The molecule has 206 valence electrons. The van der Waals surface area contributed by atoms with E-state index in [1.165, 1.54) is 0 Å². The van der Waals surface area contributed by atoms with Crippen molar-refractivity contribution < 1.29 is 9.16 Å². The fraction of sp³-hybridized carbons (Fsp3) is 0.679. The first-order valence-corrected chi connectivity index (χ1v) is 16.9. The van der Waals surface area contributed by atoms with Gasteiger partial charge in [0.05, 0.1) is 36.4 Å². The molecule has 1 aliphatic heterocycles. The molecule has 38 heavy (non-hydrogen) atoms. The maximum atomic E-state index is 6.77. The molecule has 5 rings (SSSR count). The minimum absolute atomic E-state index is 0.0611. The maximum Gasteiger partial charge on any atom is 0.227 e. The summed E-state index contributed by atoms with van der Waals surface area (Å²) in [5.74, 6) is 1.05. The summed E-state index contributed by atoms with van der Waals surface area (Å²) in [6.07, 6.45) is 8.35. The van der Waals surface area contributed by atoms with Crippen LogP contribution < -0.4 is 4.90 Å². The van der Waals surface area contributed by atoms with Crippen molar-refractivity contribution in [3.63, 3.8) is 0 Å². The number of morpholine rings is 1. The van der Waals surface area contributed by atoms with Gasteiger partial charge in [-0.05, 0) is 57.7 Å². The molecule has 2 aliphatic rings. The second kappa shape index (κ2) is 10.3. The van der Waals surface area contributed by atoms with Crippen molar-refractivity contribution >= 4 is 25.4 Å². The highest BCUT2D eigenvalue weighted by Crippen LogP contribution is 2.42. The molecule has 0 aromatic carbocycles. The van der Waals surface area contributed by atoms with E-state index >= 15 is 0 Å². The Morgan fingerprint density at radius 1 is 1.00 bits per heavy atom. The lowest BCUT2D eigenvalue weighted by Gasteiger charge is -2.41. The zero-order valence-electron chi connectivity index (χ0n) is 24.3. The van der Waals surface area contributed by atoms with Crippen LogP contribution in [-0.4, -0.2) is 63.8 Å². The van der Waals surface area contributed by atoms with Gasteiger partial charge in [0.1, 0.15) is 11.6 Å². The molecule has 10 heteroatoms. The third kappa shape index (κ3) is 5.48. The summed E-state index contributed by atoms with van der Waals surface area (Å²) in [6.45, 7) is 17.7. The van der Waals surface area contributed by atoms with Gasteiger partial charge in [-0.15, -0.1) is 0 Å². The van der Waals surface area contributed by atoms with Crippen LogP contribution in [0.5, 0.6) is 0 Å². The van der Waals surface area contributed by atoms with Gasteiger partial charge in [-0.25, -0.2) is 15.0 Å². The van der Waals surface area contributed by atoms with Crippen molar-refractivity contribution in [2.24, 2.45) is 7.05 Å². The number of fused-ring (bicyclic) bond motifs is 1. The highest BCUT2D eigenvalue weighted by molar-refractivity contribution is 6.74. The average molecular weight is 538 g/mol. The van der Waals surface area contributed by atoms with Gasteiger partial charge < -0.3 is 14.1 Å². The molecule has 2 fully saturated rings. The molecule has 4 heterocycles. The number of anilines is 1. The van der Waals surface area contributed by atoms with Crippen LogP contribution in [-0.2, 0) is 16.2 Å². The van der Waals surface area contributed by atoms with Crippen LogP contribution >= 0.6 is 0 Å². The zero-order chi connectivity index (χ0) is 27.2. The lowest BCUT2D eigenvalue weighted by Crippen LogP contribution is -2.44. The minimum atomic E-state index is -1.79. The molecule has 3 aromatic heterocycles. The summed E-state index contributed by atoms with van der Waals surface area (Å²) in [5.41, 5.74) is 5.50. The Kier molecular flexibility index (Phi) is 7.34. The van der Waals surface area contributed by atoms with Crippen LogP contribution in [0.25, 0.3) is 11.2 Å². The van der Waals surface area contributed by atoms with Gasteiger partial charge in [-0.1, -0.05) is 20.8 Å². The van der Waals surface area contributed by atoms with Crippen molar-refractivity contribution in [2.45, 2.75) is 96.6 Å². The Balaban J connectivity index is 1.41. The van der Waals surface area contributed by atoms with Crippen molar-refractivity contribution in [3.8, 4) is 0 Å². The first kappa shape index (κ1) is 27.1. The van der Waals surface area contributed by atoms with Gasteiger partial charge in [0.2, 0.25) is 5.95 Å². The molecule has 1 saturated carbocycles. The van der Waals surface area contributed by atoms with Crippen LogP contribution in [0.2, 0.25) is 18.1 Å². The van der Waals surface area contributed by atoms with Crippen molar-refractivity contribution in [1.82, 2.24) is 29.7 Å². The molecule has 0 N–H and O–H groups in total. The van der Waals surface area contributed by atoms with Gasteiger partial charge in [-0.3, -0.25) is 4.68 Å². The molecule has 0 amide bonds. The molecule has 1 aliphatic carbocycles. The number of aromatic nitrogens is 6. The van der Waals surface area contributed by atoms with E-state index < -0.39 is 8.32 Å². The lowest BCUT2D eigenvalue weighted by atomic mass is 9.85. The fourth-order valence-electron chi connectivity index (χ4n) is 5.23. The number of rotatable bonds is 5. The Hall–Kier alpha value is -2.43. The standard InChI is InChI=1S/C28H43N7O2Si/c1-18-19(2)31-26-25(30-18)24(20-9-11-22(12-10-20)37-38(7,8)28(3,4)5)32-27(33-26)35-13-14-36-23(17-35)21-15-29-34(6)16-21/h15-16,20,22-23H,9-14,17H2,1-8H3. The normalized spacial score (nSPS) is 23.3. The highest BCUT2D eigenvalue weighted by Gasteiger charge is 2.40. The highest BCUT2D eigenvalue weighted by atomic mass is 28.4. The summed E-state index contributed by atoms with van der Waals surface area (Å²) in [5, 5.41) is 4.55. The average Bonchev–Trinajstić information content (AvgIpc) is 3.30. The Bertz CT molecular complexity index is 1290. The second-order valence-corrected chi connectivity index (χ2v) is 17.3. The number of nitrogens with zero attached hydrogens (tertiary/aromatic N) is 7. The third-order valence-corrected chi connectivity index (χ3v) is 13.3. The van der Waals surface area contributed by atoms with Gasteiger partial charge in [0, 0.05) is 37.4 Å². The quantitative estimate of drug-likeness (QED) is 0.400. The number of hydrogen-bond acceptors (Lipinski definition) is 8. The van der Waals surface area contributed by atoms with E-state index in [0.717, 1.165) is 66.3 Å². The van der Waals surface area contributed by atoms with Gasteiger partial charge in [0.25, 0.3) is 0 Å². The predicted molar refractivity (Wildman–Crippen MR) is 152 cm³/mol. The Labute approximate surface area is 227 Å². The van der Waals surface area contributed by atoms with Crippen LogP contribution in [0.3, 0.4) is 0 Å².